The first-order chi connectivity index (χ1) is 7.16. The molecule has 15 heavy (non-hydrogen) atoms. The fraction of sp³-hybridized carbons (Fsp3) is 0.333. The van der Waals surface area contributed by atoms with Crippen LogP contribution in [0.3, 0.4) is 0 Å². The van der Waals surface area contributed by atoms with Crippen LogP contribution < -0.4 is 5.06 Å². The lowest BCUT2D eigenvalue weighted by molar-refractivity contribution is 0.122. The molecule has 0 saturated carbocycles. The van der Waals surface area contributed by atoms with Crippen LogP contribution in [-0.2, 0) is 4.84 Å². The van der Waals surface area contributed by atoms with Gasteiger partial charge in [0.05, 0.1) is 18.8 Å². The zero-order valence-corrected chi connectivity index (χ0v) is 11.1. The molecule has 0 atom stereocenters. The molecule has 0 aromatic heterocycles. The Bertz CT molecular complexity index is 383. The summed E-state index contributed by atoms with van der Waals surface area (Å²) in [6.45, 7) is 5.86. The molecule has 1 aliphatic heterocycles. The van der Waals surface area contributed by atoms with Crippen LogP contribution in [0.15, 0.2) is 35.4 Å². The van der Waals surface area contributed by atoms with E-state index in [-0.39, 0.29) is 0 Å². The second-order valence-electron chi connectivity index (χ2n) is 3.85. The Hall–Kier alpha value is -0.550. The SMILES string of the molecule is CC1=C(C)CN(c2ccc(I)cc2)OC1. The van der Waals surface area contributed by atoms with E-state index >= 15 is 0 Å². The Morgan fingerprint density at radius 2 is 1.80 bits per heavy atom. The molecule has 0 fully saturated rings. The number of hydrogen-bond acceptors (Lipinski definition) is 2. The number of benzene rings is 1. The van der Waals surface area contributed by atoms with Crippen LogP contribution >= 0.6 is 22.6 Å². The van der Waals surface area contributed by atoms with Gasteiger partial charge in [-0.15, -0.1) is 0 Å². The molecule has 2 nitrogen and oxygen atoms in total. The summed E-state index contributed by atoms with van der Waals surface area (Å²) in [5.74, 6) is 0. The third kappa shape index (κ3) is 2.52. The molecule has 1 aromatic carbocycles. The molecular formula is C12H14INO. The van der Waals surface area contributed by atoms with Crippen molar-refractivity contribution in [3.05, 3.63) is 39.0 Å². The number of anilines is 1. The van der Waals surface area contributed by atoms with Crippen LogP contribution in [0.2, 0.25) is 0 Å². The van der Waals surface area contributed by atoms with Crippen molar-refractivity contribution >= 4 is 28.3 Å². The number of halogens is 1. The maximum absolute atomic E-state index is 5.66. The van der Waals surface area contributed by atoms with Crippen LogP contribution in [0.4, 0.5) is 5.69 Å². The van der Waals surface area contributed by atoms with Crippen molar-refractivity contribution in [3.8, 4) is 0 Å². The lowest BCUT2D eigenvalue weighted by Gasteiger charge is -2.29. The maximum Gasteiger partial charge on any atom is 0.0960 e. The summed E-state index contributed by atoms with van der Waals surface area (Å²) in [5, 5.41) is 1.96. The number of nitrogens with zero attached hydrogens (tertiary/aromatic N) is 1. The Balaban J connectivity index is 2.17. The van der Waals surface area contributed by atoms with Crippen molar-refractivity contribution in [1.29, 1.82) is 0 Å². The third-order valence-corrected chi connectivity index (χ3v) is 3.38. The smallest absolute Gasteiger partial charge is 0.0960 e. The van der Waals surface area contributed by atoms with E-state index in [9.17, 15) is 0 Å². The van der Waals surface area contributed by atoms with Crippen molar-refractivity contribution in [2.75, 3.05) is 18.2 Å². The first kappa shape index (κ1) is 11.0. The monoisotopic (exact) mass is 315 g/mol. The summed E-state index contributed by atoms with van der Waals surface area (Å²) in [6, 6.07) is 8.38. The van der Waals surface area contributed by atoms with Gasteiger partial charge >= 0.3 is 0 Å². The van der Waals surface area contributed by atoms with E-state index in [2.05, 4.69) is 60.7 Å². The van der Waals surface area contributed by atoms with Gasteiger partial charge < -0.3 is 0 Å². The van der Waals surface area contributed by atoms with E-state index in [0.29, 0.717) is 6.61 Å². The minimum absolute atomic E-state index is 0.706. The normalized spacial score (nSPS) is 17.1. The minimum atomic E-state index is 0.706. The van der Waals surface area contributed by atoms with E-state index in [4.69, 9.17) is 4.84 Å². The van der Waals surface area contributed by atoms with Crippen molar-refractivity contribution in [3.63, 3.8) is 0 Å². The molecule has 1 aromatic rings. The minimum Gasteiger partial charge on any atom is -0.269 e. The lowest BCUT2D eigenvalue weighted by atomic mass is 10.1. The van der Waals surface area contributed by atoms with Gasteiger partial charge in [-0.1, -0.05) is 5.57 Å². The topological polar surface area (TPSA) is 12.5 Å². The molecule has 0 amide bonds. The first-order valence-corrected chi connectivity index (χ1v) is 6.06. The number of hydroxylamine groups is 1. The molecule has 1 aliphatic rings. The van der Waals surface area contributed by atoms with Crippen LogP contribution in [-0.4, -0.2) is 13.2 Å². The van der Waals surface area contributed by atoms with Gasteiger partial charge in [-0.3, -0.25) is 4.84 Å². The lowest BCUT2D eigenvalue weighted by Crippen LogP contribution is -2.31. The van der Waals surface area contributed by atoms with Gasteiger partial charge in [0.1, 0.15) is 0 Å². The highest BCUT2D eigenvalue weighted by Gasteiger charge is 2.14. The van der Waals surface area contributed by atoms with E-state index in [1.54, 1.807) is 0 Å². The molecule has 0 bridgehead atoms. The highest BCUT2D eigenvalue weighted by Crippen LogP contribution is 2.22. The van der Waals surface area contributed by atoms with E-state index < -0.39 is 0 Å². The zero-order valence-electron chi connectivity index (χ0n) is 8.96. The van der Waals surface area contributed by atoms with Gasteiger partial charge in [-0.05, 0) is 66.3 Å². The van der Waals surface area contributed by atoms with Gasteiger partial charge in [-0.25, -0.2) is 5.06 Å². The van der Waals surface area contributed by atoms with E-state index in [0.717, 1.165) is 12.2 Å². The predicted octanol–water partition coefficient (Wildman–Crippen LogP) is 3.38. The average molecular weight is 315 g/mol. The predicted molar refractivity (Wildman–Crippen MR) is 70.8 cm³/mol. The summed E-state index contributed by atoms with van der Waals surface area (Å²) < 4.78 is 1.25. The molecule has 0 N–H and O–H groups in total. The van der Waals surface area contributed by atoms with Gasteiger partial charge in [0.25, 0.3) is 0 Å². The average Bonchev–Trinajstić information content (AvgIpc) is 2.23. The number of rotatable bonds is 1. The largest absolute Gasteiger partial charge is 0.269 e. The molecule has 0 radical (unpaired) electrons. The maximum atomic E-state index is 5.66. The Morgan fingerprint density at radius 1 is 1.13 bits per heavy atom. The highest BCUT2D eigenvalue weighted by atomic mass is 127. The Kier molecular flexibility index (Phi) is 3.31. The second-order valence-corrected chi connectivity index (χ2v) is 5.09. The fourth-order valence-corrected chi connectivity index (χ4v) is 1.83. The van der Waals surface area contributed by atoms with Crippen molar-refractivity contribution in [1.82, 2.24) is 0 Å². The van der Waals surface area contributed by atoms with Crippen molar-refractivity contribution in [2.24, 2.45) is 0 Å². The third-order valence-electron chi connectivity index (χ3n) is 2.66. The van der Waals surface area contributed by atoms with Crippen LogP contribution in [0.5, 0.6) is 0 Å². The summed E-state index contributed by atoms with van der Waals surface area (Å²) in [6.07, 6.45) is 0. The van der Waals surface area contributed by atoms with E-state index in [1.165, 1.54) is 14.7 Å². The molecule has 0 unspecified atom stereocenters. The summed E-state index contributed by atoms with van der Waals surface area (Å²) in [4.78, 5) is 5.66. The quantitative estimate of drug-likeness (QED) is 0.582. The van der Waals surface area contributed by atoms with Crippen molar-refractivity contribution in [2.45, 2.75) is 13.8 Å². The molecule has 1 heterocycles. The molecule has 3 heteroatoms. The summed E-state index contributed by atoms with van der Waals surface area (Å²) in [7, 11) is 0. The van der Waals surface area contributed by atoms with Gasteiger partial charge in [0.15, 0.2) is 0 Å². The summed E-state index contributed by atoms with van der Waals surface area (Å²) >= 11 is 2.31. The van der Waals surface area contributed by atoms with E-state index in [1.807, 2.05) is 5.06 Å². The van der Waals surface area contributed by atoms with Gasteiger partial charge in [0.2, 0.25) is 0 Å². The second kappa shape index (κ2) is 4.53. The fourth-order valence-electron chi connectivity index (χ4n) is 1.47. The van der Waals surface area contributed by atoms with Gasteiger partial charge in [-0.2, -0.15) is 0 Å². The standard InChI is InChI=1S/C12H14INO/c1-9-7-14(15-8-10(9)2)12-5-3-11(13)4-6-12/h3-6H,7-8H2,1-2H3. The zero-order chi connectivity index (χ0) is 10.8. The molecule has 80 valence electrons. The molecule has 2 rings (SSSR count). The van der Waals surface area contributed by atoms with Crippen LogP contribution in [0, 0.1) is 3.57 Å². The molecule has 0 aliphatic carbocycles. The first-order valence-electron chi connectivity index (χ1n) is 4.98. The molecule has 0 spiro atoms. The Morgan fingerprint density at radius 3 is 2.40 bits per heavy atom. The van der Waals surface area contributed by atoms with Crippen molar-refractivity contribution < 1.29 is 4.84 Å². The Labute approximate surface area is 104 Å². The van der Waals surface area contributed by atoms with Gasteiger partial charge in [0, 0.05) is 3.57 Å². The summed E-state index contributed by atoms with van der Waals surface area (Å²) in [5.41, 5.74) is 3.87. The molecular weight excluding hydrogens is 301 g/mol. The number of hydrogen-bond donors (Lipinski definition) is 0. The highest BCUT2D eigenvalue weighted by molar-refractivity contribution is 14.1. The van der Waals surface area contributed by atoms with Crippen LogP contribution in [0.25, 0.3) is 0 Å². The van der Waals surface area contributed by atoms with Crippen LogP contribution in [0.1, 0.15) is 13.8 Å². The molecule has 0 saturated heterocycles.